The first-order chi connectivity index (χ1) is 28.2. The van der Waals surface area contributed by atoms with Crippen LogP contribution in [0.1, 0.15) is 136 Å². The molecule has 3 aliphatic heterocycles. The Bertz CT molecular complexity index is 1780. The van der Waals surface area contributed by atoms with E-state index < -0.39 is 32.0 Å². The van der Waals surface area contributed by atoms with Crippen molar-refractivity contribution in [2.45, 2.75) is 171 Å². The number of ether oxygens (including phenoxy) is 4. The van der Waals surface area contributed by atoms with Gasteiger partial charge in [0.05, 0.1) is 58.7 Å². The Morgan fingerprint density at radius 2 is 0.871 bits per heavy atom. The molecule has 3 aliphatic rings. The summed E-state index contributed by atoms with van der Waals surface area (Å²) in [5, 5.41) is 0.733. The number of esters is 2. The smallest absolute Gasteiger partial charge is 0.492 e. The van der Waals surface area contributed by atoms with Gasteiger partial charge in [0.1, 0.15) is 24.7 Å². The van der Waals surface area contributed by atoms with E-state index in [1.165, 1.54) is 14.2 Å². The minimum atomic E-state index is -0.703. The second-order valence-corrected chi connectivity index (χ2v) is 20.9. The van der Waals surface area contributed by atoms with Crippen molar-refractivity contribution in [3.05, 3.63) is 52.5 Å². The van der Waals surface area contributed by atoms with Gasteiger partial charge in [0.25, 0.3) is 0 Å². The van der Waals surface area contributed by atoms with Gasteiger partial charge >= 0.3 is 33.1 Å². The van der Waals surface area contributed by atoms with Crippen LogP contribution in [0.3, 0.4) is 0 Å². The summed E-state index contributed by atoms with van der Waals surface area (Å²) in [5.41, 5.74) is -0.394. The summed E-state index contributed by atoms with van der Waals surface area (Å²) in [7, 11) is 1.42. The van der Waals surface area contributed by atoms with Crippen molar-refractivity contribution >= 4 is 50.1 Å². The van der Waals surface area contributed by atoms with Crippen LogP contribution in [0.15, 0.2) is 36.4 Å². The van der Waals surface area contributed by atoms with Gasteiger partial charge in [-0.25, -0.2) is 0 Å². The monoisotopic (exact) mass is 887 g/mol. The highest BCUT2D eigenvalue weighted by Crippen LogP contribution is 2.43. The third kappa shape index (κ3) is 12.5. The van der Waals surface area contributed by atoms with E-state index in [9.17, 15) is 9.59 Å². The maximum atomic E-state index is 11.8. The fraction of sp³-hybridized carbons (Fsp3) is 0.696. The summed E-state index contributed by atoms with van der Waals surface area (Å²) in [6.07, 6.45) is 1.67. The Hall–Kier alpha value is -2.78. The van der Waals surface area contributed by atoms with Crippen LogP contribution in [0, 0.1) is 10.8 Å². The number of rotatable bonds is 12. The molecule has 3 fully saturated rings. The predicted octanol–water partition coefficient (Wildman–Crippen LogP) is 8.86. The topological polar surface area (TPSA) is 126 Å². The lowest BCUT2D eigenvalue weighted by atomic mass is 9.49. The molecule has 0 amide bonds. The van der Waals surface area contributed by atoms with Gasteiger partial charge in [0.15, 0.2) is 0 Å². The second-order valence-electron chi connectivity index (χ2n) is 20.5. The molecule has 0 radical (unpaired) electrons. The fourth-order valence-corrected chi connectivity index (χ4v) is 6.54. The van der Waals surface area contributed by atoms with Gasteiger partial charge in [-0.1, -0.05) is 31.5 Å². The molecule has 0 atom stereocenters. The van der Waals surface area contributed by atoms with Crippen molar-refractivity contribution in [3.63, 3.8) is 0 Å². The Labute approximate surface area is 378 Å². The highest BCUT2D eigenvalue weighted by atomic mass is 35.5. The average Bonchev–Trinajstić information content (AvgIpc) is 3.65. The highest BCUT2D eigenvalue weighted by Gasteiger charge is 2.63. The van der Waals surface area contributed by atoms with Crippen LogP contribution in [-0.2, 0) is 59.8 Å². The van der Waals surface area contributed by atoms with E-state index in [1.54, 1.807) is 39.8 Å². The van der Waals surface area contributed by atoms with Crippen LogP contribution < -0.4 is 14.9 Å². The first-order valence-corrected chi connectivity index (χ1v) is 22.0. The molecule has 0 bridgehead atoms. The first kappa shape index (κ1) is 53.6. The second kappa shape index (κ2) is 19.8. The number of benzene rings is 2. The molecule has 346 valence electrons. The third-order valence-electron chi connectivity index (χ3n) is 12.8. The molecule has 0 saturated carbocycles. The minimum Gasteiger partial charge on any atom is -0.492 e. The van der Waals surface area contributed by atoms with E-state index in [4.69, 9.17) is 58.5 Å². The molecule has 2 aromatic rings. The number of hydrogen-bond donors (Lipinski definition) is 0. The molecule has 0 spiro atoms. The van der Waals surface area contributed by atoms with Crippen molar-refractivity contribution in [2.24, 2.45) is 10.8 Å². The van der Waals surface area contributed by atoms with Crippen molar-refractivity contribution in [1.82, 2.24) is 0 Å². The number of halogens is 1. The molecular formula is C46H74B3ClO12. The number of methoxy groups -OCH3 is 2. The Balaban J connectivity index is 0.000000255. The van der Waals surface area contributed by atoms with Gasteiger partial charge in [0.2, 0.25) is 0 Å². The fourth-order valence-electron chi connectivity index (χ4n) is 6.29. The zero-order valence-electron chi connectivity index (χ0n) is 41.3. The molecule has 0 aliphatic carbocycles. The maximum Gasteiger partial charge on any atom is 0.495 e. The van der Waals surface area contributed by atoms with Crippen molar-refractivity contribution < 1.29 is 56.5 Å². The third-order valence-corrected chi connectivity index (χ3v) is 13.2. The lowest BCUT2D eigenvalue weighted by Crippen LogP contribution is -2.41. The lowest BCUT2D eigenvalue weighted by molar-refractivity contribution is -0.153. The molecule has 0 aromatic heterocycles. The van der Waals surface area contributed by atoms with Gasteiger partial charge < -0.3 is 46.9 Å². The molecule has 62 heavy (non-hydrogen) atoms. The van der Waals surface area contributed by atoms with Crippen LogP contribution in [0.2, 0.25) is 5.02 Å². The molecule has 2 aromatic carbocycles. The summed E-state index contributed by atoms with van der Waals surface area (Å²) < 4.78 is 57.2. The highest BCUT2D eigenvalue weighted by molar-refractivity contribution is 7.11. The molecule has 0 unspecified atom stereocenters. The van der Waals surface area contributed by atoms with Crippen LogP contribution in [0.25, 0.3) is 0 Å². The first-order valence-electron chi connectivity index (χ1n) is 21.6. The Kier molecular flexibility index (Phi) is 17.1. The minimum absolute atomic E-state index is 0.249. The zero-order chi connectivity index (χ0) is 47.5. The van der Waals surface area contributed by atoms with Crippen LogP contribution in [-0.4, -0.2) is 94.1 Å². The summed E-state index contributed by atoms with van der Waals surface area (Å²) in [6, 6.07) is 11.4. The maximum absolute atomic E-state index is 11.8. The summed E-state index contributed by atoms with van der Waals surface area (Å²) >= 11 is 6.03. The van der Waals surface area contributed by atoms with Gasteiger partial charge in [-0.15, -0.1) is 0 Å². The molecule has 16 heteroatoms. The van der Waals surface area contributed by atoms with E-state index in [2.05, 4.69) is 6.92 Å². The summed E-state index contributed by atoms with van der Waals surface area (Å²) in [6.45, 7) is 36.2. The summed E-state index contributed by atoms with van der Waals surface area (Å²) in [5.74, 6) is 0.863. The number of aryl methyl sites for hydroxylation is 2. The normalized spacial score (nSPS) is 20.4. The molecule has 3 saturated heterocycles. The molecule has 0 N–H and O–H groups in total. The quantitative estimate of drug-likeness (QED) is 0.149. The molecule has 5 rings (SSSR count). The molecule has 3 heterocycles. The number of carbonyl (C=O) groups excluding carboxylic acids is 2. The van der Waals surface area contributed by atoms with E-state index in [0.29, 0.717) is 5.75 Å². The van der Waals surface area contributed by atoms with E-state index in [1.807, 2.05) is 114 Å². The van der Waals surface area contributed by atoms with Crippen molar-refractivity contribution in [1.29, 1.82) is 0 Å². The van der Waals surface area contributed by atoms with E-state index in [-0.39, 0.29) is 58.8 Å². The van der Waals surface area contributed by atoms with Crippen LogP contribution in [0.5, 0.6) is 11.5 Å². The summed E-state index contributed by atoms with van der Waals surface area (Å²) in [4.78, 5) is 23.3. The van der Waals surface area contributed by atoms with Crippen LogP contribution >= 0.6 is 11.6 Å². The Morgan fingerprint density at radius 1 is 0.548 bits per heavy atom. The van der Waals surface area contributed by atoms with Gasteiger partial charge in [0, 0.05) is 5.02 Å². The standard InChI is InChI=1S/C20H31BO5.C14H19ClO3.C12H24B2O4/c1-9-14-12-15(24-13-18(2,3)17(22)23-8)10-11-16(14)21-25-19(4,5)20(6,7)26-21;1-5-10-8-11(6-7-12(10)15)18-9-14(2,3)13(16)17-4;1-9(2)10(3,4)16-13(15-9)14-17-11(5,6)12(7,8)18-14/h10-12H,9,13H2,1-8H3;6-8H,5,9H2,1-4H3;1-8H3. The number of hydrogen-bond acceptors (Lipinski definition) is 12. The predicted molar refractivity (Wildman–Crippen MR) is 247 cm³/mol. The van der Waals surface area contributed by atoms with Crippen molar-refractivity contribution in [3.8, 4) is 11.5 Å². The van der Waals surface area contributed by atoms with Crippen molar-refractivity contribution in [2.75, 3.05) is 27.4 Å². The zero-order valence-corrected chi connectivity index (χ0v) is 42.1. The van der Waals surface area contributed by atoms with E-state index in [0.717, 1.165) is 40.2 Å². The lowest BCUT2D eigenvalue weighted by Gasteiger charge is -2.32. The van der Waals surface area contributed by atoms with Crippen LogP contribution in [0.4, 0.5) is 0 Å². The van der Waals surface area contributed by atoms with Gasteiger partial charge in [-0.2, -0.15) is 0 Å². The molecule has 12 nitrogen and oxygen atoms in total. The average molecular weight is 887 g/mol. The van der Waals surface area contributed by atoms with E-state index >= 15 is 0 Å². The van der Waals surface area contributed by atoms with Gasteiger partial charge in [-0.05, 0) is 171 Å². The molecular weight excluding hydrogens is 812 g/mol. The Morgan fingerprint density at radius 3 is 1.21 bits per heavy atom. The largest absolute Gasteiger partial charge is 0.495 e. The number of carbonyl (C=O) groups is 2. The van der Waals surface area contributed by atoms with Gasteiger partial charge in [-0.3, -0.25) is 9.59 Å². The SMILES string of the molecule is CC1(C)OB(B2OC(C)(C)C(C)(C)O2)OC1(C)C.CCc1cc(OCC(C)(C)C(=O)OC)ccc1B1OC(C)(C)C(C)(C)O1.CCc1cc(OCC(C)(C)C(=O)OC)ccc1Cl.